The number of ether oxygens (including phenoxy) is 1. The van der Waals surface area contributed by atoms with Crippen molar-refractivity contribution in [2.75, 3.05) is 52.3 Å². The van der Waals surface area contributed by atoms with Crippen LogP contribution in [0.15, 0.2) is 52.3 Å². The highest BCUT2D eigenvalue weighted by Crippen LogP contribution is 2.19. The van der Waals surface area contributed by atoms with E-state index in [2.05, 4.69) is 4.90 Å². The molecule has 1 saturated heterocycles. The van der Waals surface area contributed by atoms with Crippen LogP contribution >= 0.6 is 0 Å². The van der Waals surface area contributed by atoms with E-state index in [1.165, 1.54) is 41.9 Å². The molecule has 0 aliphatic carbocycles. The molecule has 2 aromatic rings. The van der Waals surface area contributed by atoms with Gasteiger partial charge in [-0.2, -0.15) is 0 Å². The minimum atomic E-state index is -3.56. The lowest BCUT2D eigenvalue weighted by molar-refractivity contribution is -0.923. The van der Waals surface area contributed by atoms with Gasteiger partial charge in [-0.1, -0.05) is 0 Å². The van der Waals surface area contributed by atoms with Crippen LogP contribution in [0.25, 0.3) is 0 Å². The number of aromatic nitrogens is 1. The number of piperazine rings is 1. The van der Waals surface area contributed by atoms with Crippen molar-refractivity contribution >= 4 is 15.7 Å². The molecule has 0 radical (unpaired) electrons. The van der Waals surface area contributed by atoms with Crippen molar-refractivity contribution in [1.29, 1.82) is 0 Å². The molecule has 1 fully saturated rings. The molecule has 0 spiro atoms. The molecular formula is C19H27N4O4S+. The Morgan fingerprint density at radius 2 is 1.71 bits per heavy atom. The van der Waals surface area contributed by atoms with Crippen molar-refractivity contribution in [3.8, 4) is 5.75 Å². The summed E-state index contributed by atoms with van der Waals surface area (Å²) >= 11 is 0. The highest BCUT2D eigenvalue weighted by Gasteiger charge is 2.22. The Balaban J connectivity index is 1.66. The molecular weight excluding hydrogens is 380 g/mol. The summed E-state index contributed by atoms with van der Waals surface area (Å²) in [5, 5.41) is 0. The SMILES string of the molecule is COc1ccc(N2CC[NH+](Cn3cc(S(=O)(=O)N(C)C)ccc3=O)CC2)cc1. The van der Waals surface area contributed by atoms with E-state index in [1.807, 2.05) is 24.3 Å². The van der Waals surface area contributed by atoms with E-state index in [-0.39, 0.29) is 10.5 Å². The summed E-state index contributed by atoms with van der Waals surface area (Å²) in [6.07, 6.45) is 1.44. The minimum Gasteiger partial charge on any atom is -0.497 e. The Kier molecular flexibility index (Phi) is 6.07. The first kappa shape index (κ1) is 20.4. The molecule has 1 aliphatic heterocycles. The fourth-order valence-electron chi connectivity index (χ4n) is 3.27. The van der Waals surface area contributed by atoms with Crippen LogP contribution in [0.1, 0.15) is 0 Å². The third-order valence-corrected chi connectivity index (χ3v) is 6.84. The Bertz CT molecular complexity index is 962. The lowest BCUT2D eigenvalue weighted by Gasteiger charge is -2.33. The Labute approximate surface area is 165 Å². The largest absolute Gasteiger partial charge is 0.497 e. The molecule has 0 atom stereocenters. The zero-order valence-corrected chi connectivity index (χ0v) is 17.3. The number of nitrogens with one attached hydrogen (secondary N) is 1. The van der Waals surface area contributed by atoms with E-state index in [4.69, 9.17) is 4.74 Å². The molecule has 0 bridgehead atoms. The van der Waals surface area contributed by atoms with Crippen LogP contribution in [0.2, 0.25) is 0 Å². The van der Waals surface area contributed by atoms with Gasteiger partial charge in [-0.15, -0.1) is 0 Å². The predicted octanol–water partition coefficient (Wildman–Crippen LogP) is -0.530. The molecule has 3 rings (SSSR count). The highest BCUT2D eigenvalue weighted by molar-refractivity contribution is 7.89. The number of hydrogen-bond acceptors (Lipinski definition) is 5. The van der Waals surface area contributed by atoms with Gasteiger partial charge in [-0.05, 0) is 30.3 Å². The van der Waals surface area contributed by atoms with E-state index in [0.717, 1.165) is 41.9 Å². The molecule has 152 valence electrons. The predicted molar refractivity (Wildman–Crippen MR) is 107 cm³/mol. The Morgan fingerprint density at radius 1 is 1.07 bits per heavy atom. The van der Waals surface area contributed by atoms with E-state index >= 15 is 0 Å². The molecule has 0 saturated carbocycles. The number of methoxy groups -OCH3 is 1. The first-order valence-electron chi connectivity index (χ1n) is 9.17. The Hall–Kier alpha value is -2.36. The van der Waals surface area contributed by atoms with Crippen molar-refractivity contribution in [2.24, 2.45) is 0 Å². The fourth-order valence-corrected chi connectivity index (χ4v) is 4.19. The summed E-state index contributed by atoms with van der Waals surface area (Å²) in [6, 6.07) is 10.7. The summed E-state index contributed by atoms with van der Waals surface area (Å²) in [5.41, 5.74) is 0.957. The second-order valence-corrected chi connectivity index (χ2v) is 9.21. The Morgan fingerprint density at radius 3 is 2.29 bits per heavy atom. The van der Waals surface area contributed by atoms with Gasteiger partial charge in [0.2, 0.25) is 10.0 Å². The number of anilines is 1. The molecule has 9 heteroatoms. The smallest absolute Gasteiger partial charge is 0.254 e. The number of hydrogen-bond donors (Lipinski definition) is 1. The summed E-state index contributed by atoms with van der Waals surface area (Å²) in [7, 11) is 1.05. The van der Waals surface area contributed by atoms with Gasteiger partial charge in [0.25, 0.3) is 5.56 Å². The lowest BCUT2D eigenvalue weighted by atomic mass is 10.2. The zero-order chi connectivity index (χ0) is 20.3. The van der Waals surface area contributed by atoms with E-state index in [0.29, 0.717) is 6.67 Å². The van der Waals surface area contributed by atoms with Gasteiger partial charge in [0.05, 0.1) is 38.2 Å². The van der Waals surface area contributed by atoms with E-state index in [9.17, 15) is 13.2 Å². The molecule has 0 unspecified atom stereocenters. The maximum Gasteiger partial charge on any atom is 0.254 e. The van der Waals surface area contributed by atoms with Crippen molar-refractivity contribution in [2.45, 2.75) is 11.6 Å². The minimum absolute atomic E-state index is 0.133. The lowest BCUT2D eigenvalue weighted by Crippen LogP contribution is -3.14. The number of sulfonamides is 1. The van der Waals surface area contributed by atoms with Crippen LogP contribution < -0.4 is 20.1 Å². The average molecular weight is 408 g/mol. The van der Waals surface area contributed by atoms with Crippen molar-refractivity contribution in [1.82, 2.24) is 8.87 Å². The quantitative estimate of drug-likeness (QED) is 0.697. The molecule has 28 heavy (non-hydrogen) atoms. The second-order valence-electron chi connectivity index (χ2n) is 7.05. The molecule has 1 aromatic carbocycles. The highest BCUT2D eigenvalue weighted by atomic mass is 32.2. The first-order chi connectivity index (χ1) is 13.3. The number of quaternary nitrogens is 1. The van der Waals surface area contributed by atoms with Crippen LogP contribution in [0.3, 0.4) is 0 Å². The van der Waals surface area contributed by atoms with Crippen molar-refractivity contribution in [3.63, 3.8) is 0 Å². The topological polar surface area (TPSA) is 76.3 Å². The normalized spacial score (nSPS) is 15.8. The van der Waals surface area contributed by atoms with Gasteiger partial charge in [-0.25, -0.2) is 12.7 Å². The standard InChI is InChI=1S/C19H26N4O4S/c1-20(2)28(25,26)18-8-9-19(24)23(14-18)15-21-10-12-22(13-11-21)16-4-6-17(27-3)7-5-16/h4-9,14H,10-13,15H2,1-3H3/p+1. The van der Waals surface area contributed by atoms with Gasteiger partial charge < -0.3 is 14.5 Å². The van der Waals surface area contributed by atoms with Gasteiger partial charge in [0.15, 0.2) is 6.67 Å². The molecule has 1 aromatic heterocycles. The van der Waals surface area contributed by atoms with Crippen LogP contribution in [0.5, 0.6) is 5.75 Å². The zero-order valence-electron chi connectivity index (χ0n) is 16.5. The summed E-state index contributed by atoms with van der Waals surface area (Å²) in [6.45, 7) is 3.91. The second kappa shape index (κ2) is 8.34. The molecule has 2 heterocycles. The third kappa shape index (κ3) is 4.37. The molecule has 0 amide bonds. The summed E-state index contributed by atoms with van der Waals surface area (Å²) in [4.78, 5) is 15.9. The van der Waals surface area contributed by atoms with Crippen molar-refractivity contribution < 1.29 is 18.1 Å². The van der Waals surface area contributed by atoms with Gasteiger partial charge in [-0.3, -0.25) is 9.36 Å². The maximum absolute atomic E-state index is 12.3. The van der Waals surface area contributed by atoms with Gasteiger partial charge in [0, 0.05) is 32.0 Å². The van der Waals surface area contributed by atoms with Crippen LogP contribution in [0.4, 0.5) is 5.69 Å². The number of nitrogens with zero attached hydrogens (tertiary/aromatic N) is 3. The van der Waals surface area contributed by atoms with E-state index < -0.39 is 10.0 Å². The number of benzene rings is 1. The van der Waals surface area contributed by atoms with Gasteiger partial charge >= 0.3 is 0 Å². The fraction of sp³-hybridized carbons (Fsp3) is 0.421. The van der Waals surface area contributed by atoms with Crippen LogP contribution in [0, 0.1) is 0 Å². The molecule has 1 aliphatic rings. The average Bonchev–Trinajstić information content (AvgIpc) is 2.70. The monoisotopic (exact) mass is 407 g/mol. The first-order valence-corrected chi connectivity index (χ1v) is 10.6. The summed E-state index contributed by atoms with van der Waals surface area (Å²) in [5.74, 6) is 0.833. The third-order valence-electron chi connectivity index (χ3n) is 5.04. The van der Waals surface area contributed by atoms with Crippen molar-refractivity contribution in [3.05, 3.63) is 52.9 Å². The summed E-state index contributed by atoms with van der Waals surface area (Å²) < 4.78 is 32.5. The maximum atomic E-state index is 12.3. The number of pyridine rings is 1. The van der Waals surface area contributed by atoms with Crippen LogP contribution in [-0.4, -0.2) is 64.7 Å². The van der Waals surface area contributed by atoms with E-state index in [1.54, 1.807) is 7.11 Å². The van der Waals surface area contributed by atoms with Crippen LogP contribution in [-0.2, 0) is 16.7 Å². The molecule has 8 nitrogen and oxygen atoms in total. The number of rotatable bonds is 6. The molecule has 1 N–H and O–H groups in total. The van der Waals surface area contributed by atoms with Gasteiger partial charge in [0.1, 0.15) is 5.75 Å².